The predicted octanol–water partition coefficient (Wildman–Crippen LogP) is 4.64. The Balaban J connectivity index is 2.41. The molecule has 1 aromatic heterocycles. The van der Waals surface area contributed by atoms with E-state index in [4.69, 9.17) is 10.00 Å². The van der Waals surface area contributed by atoms with Crippen molar-refractivity contribution < 1.29 is 4.74 Å². The van der Waals surface area contributed by atoms with Gasteiger partial charge in [0.25, 0.3) is 0 Å². The third-order valence-electron chi connectivity index (χ3n) is 3.00. The largest absolute Gasteiger partial charge is 0.438 e. The minimum Gasteiger partial charge on any atom is -0.438 e. The van der Waals surface area contributed by atoms with Crippen LogP contribution in [-0.4, -0.2) is 9.97 Å². The van der Waals surface area contributed by atoms with Crippen LogP contribution in [0.25, 0.3) is 0 Å². The molecule has 4 nitrogen and oxygen atoms in total. The summed E-state index contributed by atoms with van der Waals surface area (Å²) in [5, 5.41) is 8.98. The smallest absolute Gasteiger partial charge is 0.223 e. The second-order valence-electron chi connectivity index (χ2n) is 5.19. The van der Waals surface area contributed by atoms with E-state index in [0.29, 0.717) is 16.0 Å². The number of hydrogen-bond acceptors (Lipinski definition) is 4. The van der Waals surface area contributed by atoms with E-state index >= 15 is 0 Å². The third kappa shape index (κ3) is 3.59. The Labute approximate surface area is 132 Å². The van der Waals surface area contributed by atoms with Crippen molar-refractivity contribution >= 4 is 15.9 Å². The van der Waals surface area contributed by atoms with Gasteiger partial charge >= 0.3 is 0 Å². The average Bonchev–Trinajstić information content (AvgIpc) is 2.42. The predicted molar refractivity (Wildman–Crippen MR) is 84.5 cm³/mol. The minimum atomic E-state index is 0.216. The van der Waals surface area contributed by atoms with Crippen molar-refractivity contribution in [2.24, 2.45) is 0 Å². The fourth-order valence-corrected chi connectivity index (χ4v) is 2.38. The number of benzene rings is 1. The van der Waals surface area contributed by atoms with Crippen LogP contribution in [0.15, 0.2) is 22.8 Å². The van der Waals surface area contributed by atoms with E-state index in [-0.39, 0.29) is 5.92 Å². The van der Waals surface area contributed by atoms with Gasteiger partial charge in [-0.15, -0.1) is 0 Å². The first-order valence-electron chi connectivity index (χ1n) is 6.64. The fraction of sp³-hybridized carbons (Fsp3) is 0.312. The Morgan fingerprint density at radius 1 is 1.14 bits per heavy atom. The molecule has 5 heteroatoms. The van der Waals surface area contributed by atoms with Gasteiger partial charge in [-0.3, -0.25) is 0 Å². The van der Waals surface area contributed by atoms with Crippen molar-refractivity contribution in [1.29, 1.82) is 5.26 Å². The topological polar surface area (TPSA) is 58.8 Å². The summed E-state index contributed by atoms with van der Waals surface area (Å²) >= 11 is 3.38. The van der Waals surface area contributed by atoms with Crippen LogP contribution in [0.1, 0.15) is 42.3 Å². The van der Waals surface area contributed by atoms with Crippen molar-refractivity contribution in [2.75, 3.05) is 0 Å². The van der Waals surface area contributed by atoms with Gasteiger partial charge in [0.15, 0.2) is 0 Å². The molecule has 0 aliphatic carbocycles. The number of rotatable bonds is 3. The van der Waals surface area contributed by atoms with Crippen LogP contribution < -0.4 is 4.74 Å². The maximum atomic E-state index is 8.98. The second-order valence-corrected chi connectivity index (χ2v) is 6.01. The molecular weight excluding hydrogens is 330 g/mol. The lowest BCUT2D eigenvalue weighted by Gasteiger charge is -2.13. The van der Waals surface area contributed by atoms with E-state index < -0.39 is 0 Å². The first kappa shape index (κ1) is 15.5. The first-order valence-corrected chi connectivity index (χ1v) is 7.43. The summed E-state index contributed by atoms with van der Waals surface area (Å²) in [4.78, 5) is 8.75. The van der Waals surface area contributed by atoms with Gasteiger partial charge in [-0.25, -0.2) is 4.98 Å². The number of nitriles is 1. The van der Waals surface area contributed by atoms with Crippen LogP contribution in [-0.2, 0) is 0 Å². The number of hydrogen-bond donors (Lipinski definition) is 0. The molecule has 0 N–H and O–H groups in total. The molecule has 0 saturated heterocycles. The Morgan fingerprint density at radius 2 is 1.76 bits per heavy atom. The number of nitrogens with zero attached hydrogens (tertiary/aromatic N) is 3. The first-order chi connectivity index (χ1) is 9.90. The van der Waals surface area contributed by atoms with Crippen LogP contribution in [0.5, 0.6) is 11.6 Å². The Morgan fingerprint density at radius 3 is 2.29 bits per heavy atom. The van der Waals surface area contributed by atoms with Crippen molar-refractivity contribution in [3.05, 3.63) is 45.3 Å². The molecular formula is C16H16BrN3O. The summed E-state index contributed by atoms with van der Waals surface area (Å²) in [6.45, 7) is 7.90. The van der Waals surface area contributed by atoms with Crippen molar-refractivity contribution in [1.82, 2.24) is 9.97 Å². The van der Waals surface area contributed by atoms with Gasteiger partial charge in [0, 0.05) is 12.0 Å². The van der Waals surface area contributed by atoms with Gasteiger partial charge in [-0.05, 0) is 53.0 Å². The maximum Gasteiger partial charge on any atom is 0.223 e. The molecule has 108 valence electrons. The van der Waals surface area contributed by atoms with Crippen LogP contribution in [0.3, 0.4) is 0 Å². The van der Waals surface area contributed by atoms with E-state index in [1.54, 1.807) is 6.07 Å². The van der Waals surface area contributed by atoms with Crippen LogP contribution >= 0.6 is 15.9 Å². The van der Waals surface area contributed by atoms with Crippen molar-refractivity contribution in [3.63, 3.8) is 0 Å². The van der Waals surface area contributed by atoms with Crippen LogP contribution in [0.4, 0.5) is 0 Å². The highest BCUT2D eigenvalue weighted by Gasteiger charge is 2.12. The van der Waals surface area contributed by atoms with Gasteiger partial charge in [-0.2, -0.15) is 10.2 Å². The highest BCUT2D eigenvalue weighted by molar-refractivity contribution is 9.10. The summed E-state index contributed by atoms with van der Waals surface area (Å²) < 4.78 is 6.62. The summed E-state index contributed by atoms with van der Waals surface area (Å²) in [7, 11) is 0. The molecule has 0 saturated carbocycles. The highest BCUT2D eigenvalue weighted by Crippen LogP contribution is 2.30. The molecule has 1 heterocycles. The zero-order chi connectivity index (χ0) is 15.6. The minimum absolute atomic E-state index is 0.216. The third-order valence-corrected chi connectivity index (χ3v) is 3.41. The van der Waals surface area contributed by atoms with Gasteiger partial charge in [-0.1, -0.05) is 13.8 Å². The van der Waals surface area contributed by atoms with E-state index in [1.165, 1.54) is 0 Å². The molecule has 0 unspecified atom stereocenters. The lowest BCUT2D eigenvalue weighted by molar-refractivity contribution is 0.449. The second kappa shape index (κ2) is 6.23. The van der Waals surface area contributed by atoms with E-state index in [2.05, 4.69) is 32.0 Å². The maximum absolute atomic E-state index is 8.98. The van der Waals surface area contributed by atoms with Gasteiger partial charge in [0.2, 0.25) is 5.88 Å². The zero-order valence-corrected chi connectivity index (χ0v) is 14.0. The Kier molecular flexibility index (Phi) is 4.59. The van der Waals surface area contributed by atoms with Crippen molar-refractivity contribution in [3.8, 4) is 17.7 Å². The van der Waals surface area contributed by atoms with Gasteiger partial charge in [0.05, 0.1) is 11.6 Å². The Bertz CT molecular complexity index is 697. The van der Waals surface area contributed by atoms with Crippen LogP contribution in [0.2, 0.25) is 0 Å². The molecule has 0 fully saturated rings. The fourth-order valence-electron chi connectivity index (χ4n) is 2.00. The summed E-state index contributed by atoms with van der Waals surface area (Å²) in [5.41, 5.74) is 2.45. The highest BCUT2D eigenvalue weighted by atomic mass is 79.9. The molecule has 0 amide bonds. The molecule has 0 atom stereocenters. The molecule has 0 aliphatic heterocycles. The molecule has 0 aliphatic rings. The lowest BCUT2D eigenvalue weighted by Crippen LogP contribution is -2.01. The lowest BCUT2D eigenvalue weighted by atomic mass is 10.1. The van der Waals surface area contributed by atoms with Gasteiger partial charge in [0.1, 0.15) is 16.2 Å². The summed E-state index contributed by atoms with van der Waals surface area (Å²) in [5.74, 6) is 2.17. The quantitative estimate of drug-likeness (QED) is 0.760. The Hall–Kier alpha value is -1.93. The standard InChI is InChI=1S/C16H16BrN3O/c1-9(2)16-19-13(17)7-14(20-16)21-15-10(3)5-12(8-18)6-11(15)4/h5-7,9H,1-4H3. The number of aryl methyl sites for hydroxylation is 2. The number of halogens is 1. The molecule has 2 aromatic rings. The zero-order valence-electron chi connectivity index (χ0n) is 12.4. The molecule has 1 aromatic carbocycles. The summed E-state index contributed by atoms with van der Waals surface area (Å²) in [6, 6.07) is 7.50. The molecule has 0 bridgehead atoms. The molecule has 2 rings (SSSR count). The van der Waals surface area contributed by atoms with E-state index in [0.717, 1.165) is 22.7 Å². The molecule has 0 spiro atoms. The monoisotopic (exact) mass is 345 g/mol. The summed E-state index contributed by atoms with van der Waals surface area (Å²) in [6.07, 6.45) is 0. The van der Waals surface area contributed by atoms with E-state index in [1.807, 2.05) is 39.8 Å². The number of aromatic nitrogens is 2. The normalized spacial score (nSPS) is 10.5. The molecule has 0 radical (unpaired) electrons. The van der Waals surface area contributed by atoms with E-state index in [9.17, 15) is 0 Å². The SMILES string of the molecule is Cc1cc(C#N)cc(C)c1Oc1cc(Br)nc(C(C)C)n1. The van der Waals surface area contributed by atoms with Crippen molar-refractivity contribution in [2.45, 2.75) is 33.6 Å². The molecule has 21 heavy (non-hydrogen) atoms. The average molecular weight is 346 g/mol. The van der Waals surface area contributed by atoms with Gasteiger partial charge < -0.3 is 4.74 Å². The van der Waals surface area contributed by atoms with Crippen LogP contribution in [0, 0.1) is 25.2 Å². The number of ether oxygens (including phenoxy) is 1.